The van der Waals surface area contributed by atoms with Crippen LogP contribution in [0.3, 0.4) is 0 Å². The molecule has 0 aromatic carbocycles. The van der Waals surface area contributed by atoms with Crippen LogP contribution in [0.1, 0.15) is 0 Å². The molecule has 2 aliphatic rings. The van der Waals surface area contributed by atoms with E-state index >= 15 is 0 Å². The normalized spacial score (nSPS) is 47.8. The largest absolute Gasteiger partial charge is 0.385 e. The molecule has 2 heterocycles. The van der Waals surface area contributed by atoms with Crippen molar-refractivity contribution in [3.8, 4) is 0 Å². The molecule has 0 saturated carbocycles. The molecule has 14 heavy (non-hydrogen) atoms. The van der Waals surface area contributed by atoms with Crippen LogP contribution in [0.4, 0.5) is 0 Å². The Kier molecular flexibility index (Phi) is 3.01. The van der Waals surface area contributed by atoms with Crippen molar-refractivity contribution >= 4 is 0 Å². The molecular formula is C8H14O6. The third-order valence-electron chi connectivity index (χ3n) is 2.37. The van der Waals surface area contributed by atoms with E-state index in [-0.39, 0.29) is 0 Å². The first-order valence-electron chi connectivity index (χ1n) is 4.50. The van der Waals surface area contributed by atoms with E-state index in [2.05, 4.69) is 0 Å². The standard InChI is InChI=1S/C8H14O6/c1-11-3-5-12-2-4-7(14-5)6(9)8(10)13-4/h4-10H,2-3H2,1H3. The molecule has 0 aromatic rings. The van der Waals surface area contributed by atoms with Gasteiger partial charge in [0.1, 0.15) is 18.3 Å². The predicted octanol–water partition coefficient (Wildman–Crippen LogP) is -1.55. The molecule has 6 heteroatoms. The molecule has 5 atom stereocenters. The molecule has 2 saturated heterocycles. The van der Waals surface area contributed by atoms with Gasteiger partial charge in [-0.25, -0.2) is 0 Å². The monoisotopic (exact) mass is 206 g/mol. The molecule has 2 rings (SSSR count). The fraction of sp³-hybridized carbons (Fsp3) is 1.00. The third-order valence-corrected chi connectivity index (χ3v) is 2.37. The van der Waals surface area contributed by atoms with Gasteiger partial charge < -0.3 is 29.2 Å². The second kappa shape index (κ2) is 4.09. The first-order chi connectivity index (χ1) is 6.72. The number of ether oxygens (including phenoxy) is 4. The Morgan fingerprint density at radius 2 is 2.14 bits per heavy atom. The van der Waals surface area contributed by atoms with Crippen molar-refractivity contribution in [2.24, 2.45) is 0 Å². The van der Waals surface area contributed by atoms with Crippen LogP contribution in [0.15, 0.2) is 0 Å². The van der Waals surface area contributed by atoms with Crippen LogP contribution >= 0.6 is 0 Å². The lowest BCUT2D eigenvalue weighted by molar-refractivity contribution is -0.261. The zero-order valence-corrected chi connectivity index (χ0v) is 7.83. The van der Waals surface area contributed by atoms with Crippen molar-refractivity contribution in [2.75, 3.05) is 20.3 Å². The summed E-state index contributed by atoms with van der Waals surface area (Å²) in [6.07, 6.45) is -3.62. The fourth-order valence-electron chi connectivity index (χ4n) is 1.66. The van der Waals surface area contributed by atoms with Gasteiger partial charge in [-0.05, 0) is 0 Å². The Morgan fingerprint density at radius 3 is 2.86 bits per heavy atom. The maximum absolute atomic E-state index is 9.48. The molecule has 82 valence electrons. The Balaban J connectivity index is 1.94. The van der Waals surface area contributed by atoms with Crippen LogP contribution in [-0.2, 0) is 18.9 Å². The lowest BCUT2D eigenvalue weighted by Crippen LogP contribution is -2.47. The van der Waals surface area contributed by atoms with E-state index in [0.717, 1.165) is 0 Å². The number of aliphatic hydroxyl groups is 2. The van der Waals surface area contributed by atoms with Gasteiger partial charge in [0, 0.05) is 7.11 Å². The third kappa shape index (κ3) is 1.77. The van der Waals surface area contributed by atoms with Crippen molar-refractivity contribution in [3.63, 3.8) is 0 Å². The average molecular weight is 206 g/mol. The van der Waals surface area contributed by atoms with Gasteiger partial charge in [-0.2, -0.15) is 0 Å². The minimum absolute atomic E-state index is 0.298. The summed E-state index contributed by atoms with van der Waals surface area (Å²) in [5, 5.41) is 18.7. The molecular weight excluding hydrogens is 192 g/mol. The van der Waals surface area contributed by atoms with Crippen LogP contribution in [0, 0.1) is 0 Å². The molecule has 0 bridgehead atoms. The van der Waals surface area contributed by atoms with Crippen LogP contribution in [-0.4, -0.2) is 61.4 Å². The second-order valence-corrected chi connectivity index (χ2v) is 3.37. The molecule has 6 nitrogen and oxygen atoms in total. The Morgan fingerprint density at radius 1 is 1.36 bits per heavy atom. The highest BCUT2D eigenvalue weighted by atomic mass is 16.7. The molecule has 0 aliphatic carbocycles. The van der Waals surface area contributed by atoms with E-state index in [4.69, 9.17) is 18.9 Å². The van der Waals surface area contributed by atoms with E-state index in [1.807, 2.05) is 0 Å². The summed E-state index contributed by atoms with van der Waals surface area (Å²) < 4.78 is 20.5. The molecule has 0 amide bonds. The molecule has 0 spiro atoms. The average Bonchev–Trinajstić information content (AvgIpc) is 2.45. The number of methoxy groups -OCH3 is 1. The Labute approximate surface area is 81.3 Å². The summed E-state index contributed by atoms with van der Waals surface area (Å²) >= 11 is 0. The van der Waals surface area contributed by atoms with Crippen LogP contribution in [0.25, 0.3) is 0 Å². The van der Waals surface area contributed by atoms with Gasteiger partial charge in [-0.3, -0.25) is 0 Å². The number of hydrogen-bond acceptors (Lipinski definition) is 6. The molecule has 5 unspecified atom stereocenters. The quantitative estimate of drug-likeness (QED) is 0.569. The first kappa shape index (κ1) is 10.3. The van der Waals surface area contributed by atoms with Gasteiger partial charge in [0.2, 0.25) is 0 Å². The van der Waals surface area contributed by atoms with E-state index in [1.54, 1.807) is 0 Å². The topological polar surface area (TPSA) is 77.4 Å². The van der Waals surface area contributed by atoms with Gasteiger partial charge in [-0.1, -0.05) is 0 Å². The number of aliphatic hydroxyl groups excluding tert-OH is 2. The van der Waals surface area contributed by atoms with Gasteiger partial charge in [0.15, 0.2) is 12.6 Å². The zero-order valence-electron chi connectivity index (χ0n) is 7.83. The summed E-state index contributed by atoms with van der Waals surface area (Å²) in [4.78, 5) is 0. The lowest BCUT2D eigenvalue weighted by atomic mass is 10.1. The second-order valence-electron chi connectivity index (χ2n) is 3.37. The number of fused-ring (bicyclic) bond motifs is 1. The van der Waals surface area contributed by atoms with E-state index in [9.17, 15) is 10.2 Å². The van der Waals surface area contributed by atoms with Gasteiger partial charge in [-0.15, -0.1) is 0 Å². The van der Waals surface area contributed by atoms with Gasteiger partial charge >= 0.3 is 0 Å². The first-order valence-corrected chi connectivity index (χ1v) is 4.50. The van der Waals surface area contributed by atoms with Crippen molar-refractivity contribution in [1.82, 2.24) is 0 Å². The summed E-state index contributed by atoms with van der Waals surface area (Å²) in [6, 6.07) is 0. The highest BCUT2D eigenvalue weighted by Gasteiger charge is 2.47. The van der Waals surface area contributed by atoms with Crippen molar-refractivity contribution in [1.29, 1.82) is 0 Å². The van der Waals surface area contributed by atoms with Gasteiger partial charge in [0.25, 0.3) is 0 Å². The van der Waals surface area contributed by atoms with Gasteiger partial charge in [0.05, 0.1) is 13.2 Å². The number of rotatable bonds is 2. The summed E-state index contributed by atoms with van der Waals surface area (Å²) in [6.45, 7) is 0.596. The molecule has 2 fully saturated rings. The number of hydrogen-bond donors (Lipinski definition) is 2. The molecule has 2 aliphatic heterocycles. The van der Waals surface area contributed by atoms with E-state index in [0.29, 0.717) is 13.2 Å². The minimum atomic E-state index is -1.19. The molecule has 0 aromatic heterocycles. The SMILES string of the molecule is COCC1OCC2OC(O)C(O)C2O1. The van der Waals surface area contributed by atoms with Crippen LogP contribution in [0.2, 0.25) is 0 Å². The van der Waals surface area contributed by atoms with Crippen LogP contribution in [0.5, 0.6) is 0 Å². The fourth-order valence-corrected chi connectivity index (χ4v) is 1.66. The smallest absolute Gasteiger partial charge is 0.184 e. The molecule has 0 radical (unpaired) electrons. The zero-order chi connectivity index (χ0) is 10.1. The summed E-state index contributed by atoms with van der Waals surface area (Å²) in [5.74, 6) is 0. The minimum Gasteiger partial charge on any atom is -0.385 e. The summed E-state index contributed by atoms with van der Waals surface area (Å²) in [5.41, 5.74) is 0. The predicted molar refractivity (Wildman–Crippen MR) is 43.4 cm³/mol. The Hall–Kier alpha value is -0.240. The van der Waals surface area contributed by atoms with Crippen molar-refractivity contribution < 1.29 is 29.2 Å². The summed E-state index contributed by atoms with van der Waals surface area (Å²) in [7, 11) is 1.54. The highest BCUT2D eigenvalue weighted by Crippen LogP contribution is 2.27. The van der Waals surface area contributed by atoms with Crippen molar-refractivity contribution in [3.05, 3.63) is 0 Å². The Bertz CT molecular complexity index is 198. The maximum Gasteiger partial charge on any atom is 0.184 e. The lowest BCUT2D eigenvalue weighted by Gasteiger charge is -2.31. The van der Waals surface area contributed by atoms with E-state index in [1.165, 1.54) is 7.11 Å². The van der Waals surface area contributed by atoms with Crippen LogP contribution < -0.4 is 0 Å². The highest BCUT2D eigenvalue weighted by molar-refractivity contribution is 4.89. The maximum atomic E-state index is 9.48. The van der Waals surface area contributed by atoms with E-state index < -0.39 is 30.9 Å². The molecule has 2 N–H and O–H groups in total. The van der Waals surface area contributed by atoms with Crippen molar-refractivity contribution in [2.45, 2.75) is 30.9 Å².